The first-order chi connectivity index (χ1) is 8.27. The van der Waals surface area contributed by atoms with Crippen LogP contribution in [0.3, 0.4) is 0 Å². The molecule has 1 aliphatic carbocycles. The molecular weight excluding hydrogens is 218 g/mol. The SMILES string of the molecule is C#CCNC(C(=O)OC)c1cncn1C1CC1. The van der Waals surface area contributed by atoms with Gasteiger partial charge in [-0.15, -0.1) is 6.42 Å². The van der Waals surface area contributed by atoms with Gasteiger partial charge in [0.25, 0.3) is 0 Å². The Balaban J connectivity index is 2.21. The lowest BCUT2D eigenvalue weighted by molar-refractivity contribution is -0.143. The highest BCUT2D eigenvalue weighted by molar-refractivity contribution is 5.77. The molecule has 0 bridgehead atoms. The van der Waals surface area contributed by atoms with Crippen molar-refractivity contribution in [2.45, 2.75) is 24.9 Å². The molecule has 0 saturated heterocycles. The molecule has 1 N–H and O–H groups in total. The second kappa shape index (κ2) is 5.02. The standard InChI is InChI=1S/C12H15N3O2/c1-3-6-14-11(12(16)17-2)10-7-13-8-15(10)9-4-5-9/h1,7-9,11,14H,4-6H2,2H3. The molecule has 5 nitrogen and oxygen atoms in total. The summed E-state index contributed by atoms with van der Waals surface area (Å²) in [6, 6.07) is -0.0774. The van der Waals surface area contributed by atoms with E-state index in [1.807, 2.05) is 4.57 Å². The molecule has 1 atom stereocenters. The zero-order valence-electron chi connectivity index (χ0n) is 9.72. The minimum atomic E-state index is -0.542. The monoisotopic (exact) mass is 233 g/mol. The number of esters is 1. The number of nitrogens with one attached hydrogen (secondary N) is 1. The van der Waals surface area contributed by atoms with Gasteiger partial charge in [0.15, 0.2) is 0 Å². The second-order valence-electron chi connectivity index (χ2n) is 4.00. The molecule has 90 valence electrons. The van der Waals surface area contributed by atoms with Crippen LogP contribution in [0, 0.1) is 12.3 Å². The van der Waals surface area contributed by atoms with Crippen LogP contribution in [0.25, 0.3) is 0 Å². The minimum Gasteiger partial charge on any atom is -0.468 e. The van der Waals surface area contributed by atoms with E-state index >= 15 is 0 Å². The summed E-state index contributed by atoms with van der Waals surface area (Å²) >= 11 is 0. The molecular formula is C12H15N3O2. The Hall–Kier alpha value is -1.80. The van der Waals surface area contributed by atoms with Crippen molar-refractivity contribution in [2.24, 2.45) is 0 Å². The van der Waals surface area contributed by atoms with Crippen molar-refractivity contribution < 1.29 is 9.53 Å². The van der Waals surface area contributed by atoms with E-state index in [1.54, 1.807) is 12.5 Å². The van der Waals surface area contributed by atoms with E-state index in [9.17, 15) is 4.79 Å². The highest BCUT2D eigenvalue weighted by Crippen LogP contribution is 2.36. The van der Waals surface area contributed by atoms with Crippen LogP contribution in [-0.4, -0.2) is 29.2 Å². The van der Waals surface area contributed by atoms with Gasteiger partial charge in [-0.1, -0.05) is 5.92 Å². The fourth-order valence-corrected chi connectivity index (χ4v) is 1.78. The maximum absolute atomic E-state index is 11.7. The van der Waals surface area contributed by atoms with Crippen molar-refractivity contribution >= 4 is 5.97 Å². The van der Waals surface area contributed by atoms with Crippen LogP contribution in [0.5, 0.6) is 0 Å². The maximum Gasteiger partial charge on any atom is 0.329 e. The van der Waals surface area contributed by atoms with Crippen molar-refractivity contribution in [3.8, 4) is 12.3 Å². The van der Waals surface area contributed by atoms with Gasteiger partial charge in [-0.3, -0.25) is 5.32 Å². The lowest BCUT2D eigenvalue weighted by atomic mass is 10.2. The summed E-state index contributed by atoms with van der Waals surface area (Å²) in [5.74, 6) is 2.11. The molecule has 0 aliphatic heterocycles. The number of hydrogen-bond donors (Lipinski definition) is 1. The Morgan fingerprint density at radius 1 is 1.82 bits per heavy atom. The Bertz CT molecular complexity index is 443. The number of imidazole rings is 1. The Morgan fingerprint density at radius 3 is 3.18 bits per heavy atom. The van der Waals surface area contributed by atoms with Crippen molar-refractivity contribution in [3.05, 3.63) is 18.2 Å². The zero-order chi connectivity index (χ0) is 12.3. The van der Waals surface area contributed by atoms with E-state index in [-0.39, 0.29) is 5.97 Å². The van der Waals surface area contributed by atoms with Crippen LogP contribution in [-0.2, 0) is 9.53 Å². The average molecular weight is 233 g/mol. The van der Waals surface area contributed by atoms with Gasteiger partial charge in [0, 0.05) is 6.04 Å². The van der Waals surface area contributed by atoms with Gasteiger partial charge in [-0.05, 0) is 12.8 Å². The molecule has 1 fully saturated rings. The average Bonchev–Trinajstić information content (AvgIpc) is 3.09. The molecule has 1 saturated carbocycles. The van der Waals surface area contributed by atoms with Gasteiger partial charge < -0.3 is 9.30 Å². The smallest absolute Gasteiger partial charge is 0.329 e. The third-order valence-electron chi connectivity index (χ3n) is 2.78. The normalized spacial score (nSPS) is 16.2. The van der Waals surface area contributed by atoms with E-state index in [0.29, 0.717) is 12.6 Å². The fraction of sp³-hybridized carbons (Fsp3) is 0.500. The van der Waals surface area contributed by atoms with Crippen molar-refractivity contribution in [3.63, 3.8) is 0 Å². The minimum absolute atomic E-state index is 0.315. The van der Waals surface area contributed by atoms with Gasteiger partial charge in [0.2, 0.25) is 0 Å². The van der Waals surface area contributed by atoms with E-state index in [4.69, 9.17) is 11.2 Å². The predicted molar refractivity (Wildman–Crippen MR) is 62.1 cm³/mol. The number of carbonyl (C=O) groups is 1. The quantitative estimate of drug-likeness (QED) is 0.599. The number of aromatic nitrogens is 2. The summed E-state index contributed by atoms with van der Waals surface area (Å²) in [6.45, 7) is 0.315. The van der Waals surface area contributed by atoms with E-state index in [1.165, 1.54) is 7.11 Å². The van der Waals surface area contributed by atoms with Crippen molar-refractivity contribution in [1.29, 1.82) is 0 Å². The van der Waals surface area contributed by atoms with Gasteiger partial charge in [-0.2, -0.15) is 0 Å². The Morgan fingerprint density at radius 2 is 2.59 bits per heavy atom. The van der Waals surface area contributed by atoms with E-state index < -0.39 is 6.04 Å². The largest absolute Gasteiger partial charge is 0.468 e. The first-order valence-corrected chi connectivity index (χ1v) is 5.54. The molecule has 5 heteroatoms. The number of methoxy groups -OCH3 is 1. The van der Waals surface area contributed by atoms with Crippen LogP contribution in [0.15, 0.2) is 12.5 Å². The summed E-state index contributed by atoms with van der Waals surface area (Å²) < 4.78 is 6.80. The fourth-order valence-electron chi connectivity index (χ4n) is 1.78. The Labute approximate surface area is 100 Å². The molecule has 17 heavy (non-hydrogen) atoms. The van der Waals surface area contributed by atoms with Gasteiger partial charge in [0.1, 0.15) is 6.04 Å². The van der Waals surface area contributed by atoms with Gasteiger partial charge in [0.05, 0.1) is 31.9 Å². The van der Waals surface area contributed by atoms with Crippen LogP contribution in [0.2, 0.25) is 0 Å². The number of terminal acetylenes is 1. The molecule has 1 unspecified atom stereocenters. The van der Waals surface area contributed by atoms with Crippen LogP contribution < -0.4 is 5.32 Å². The lowest BCUT2D eigenvalue weighted by Crippen LogP contribution is -2.31. The molecule has 0 aromatic carbocycles. The number of hydrogen-bond acceptors (Lipinski definition) is 4. The number of nitrogens with zero attached hydrogens (tertiary/aromatic N) is 2. The first kappa shape index (κ1) is 11.7. The molecule has 2 rings (SSSR count). The molecule has 0 amide bonds. The molecule has 1 heterocycles. The van der Waals surface area contributed by atoms with Crippen LogP contribution in [0.4, 0.5) is 0 Å². The van der Waals surface area contributed by atoms with Crippen LogP contribution in [0.1, 0.15) is 30.6 Å². The second-order valence-corrected chi connectivity index (χ2v) is 4.00. The topological polar surface area (TPSA) is 56.1 Å². The number of rotatable bonds is 5. The molecule has 1 aromatic rings. The molecule has 1 aromatic heterocycles. The summed E-state index contributed by atoms with van der Waals surface area (Å²) in [6.07, 6.45) is 10.9. The summed E-state index contributed by atoms with van der Waals surface area (Å²) in [5, 5.41) is 2.97. The highest BCUT2D eigenvalue weighted by Gasteiger charge is 2.30. The lowest BCUT2D eigenvalue weighted by Gasteiger charge is -2.16. The predicted octanol–water partition coefficient (Wildman–Crippen LogP) is 0.655. The molecule has 0 spiro atoms. The van der Waals surface area contributed by atoms with Gasteiger partial charge in [-0.25, -0.2) is 9.78 Å². The first-order valence-electron chi connectivity index (χ1n) is 5.54. The molecule has 1 aliphatic rings. The van der Waals surface area contributed by atoms with Gasteiger partial charge >= 0.3 is 5.97 Å². The van der Waals surface area contributed by atoms with E-state index in [2.05, 4.69) is 16.2 Å². The third-order valence-corrected chi connectivity index (χ3v) is 2.78. The summed E-state index contributed by atoms with van der Waals surface area (Å²) in [4.78, 5) is 15.8. The third kappa shape index (κ3) is 2.48. The summed E-state index contributed by atoms with van der Waals surface area (Å²) in [7, 11) is 1.37. The number of ether oxygens (including phenoxy) is 1. The number of carbonyl (C=O) groups excluding carboxylic acids is 1. The van der Waals surface area contributed by atoms with Crippen molar-refractivity contribution in [2.75, 3.05) is 13.7 Å². The maximum atomic E-state index is 11.7. The highest BCUT2D eigenvalue weighted by atomic mass is 16.5. The summed E-state index contributed by atoms with van der Waals surface area (Å²) in [5.41, 5.74) is 0.814. The molecule has 0 radical (unpaired) electrons. The van der Waals surface area contributed by atoms with Crippen LogP contribution >= 0.6 is 0 Å². The Kier molecular flexibility index (Phi) is 3.45. The van der Waals surface area contributed by atoms with E-state index in [0.717, 1.165) is 18.5 Å². The zero-order valence-corrected chi connectivity index (χ0v) is 9.72. The van der Waals surface area contributed by atoms with Crippen molar-refractivity contribution in [1.82, 2.24) is 14.9 Å².